The summed E-state index contributed by atoms with van der Waals surface area (Å²) in [7, 11) is 0. The Labute approximate surface area is 167 Å². The summed E-state index contributed by atoms with van der Waals surface area (Å²) in [6.07, 6.45) is 7.10. The van der Waals surface area contributed by atoms with E-state index < -0.39 is 11.7 Å². The molecule has 2 N–H and O–H groups in total. The summed E-state index contributed by atoms with van der Waals surface area (Å²) >= 11 is 1.16. The lowest BCUT2D eigenvalue weighted by Gasteiger charge is -2.07. The topological polar surface area (TPSA) is 101 Å². The van der Waals surface area contributed by atoms with Crippen LogP contribution in [-0.4, -0.2) is 35.7 Å². The second-order valence-corrected chi connectivity index (χ2v) is 7.00. The molecule has 0 saturated carbocycles. The number of aromatic nitrogens is 6. The number of hydrogen-bond donors (Lipinski definition) is 2. The minimum Gasteiger partial charge on any atom is -0.299 e. The smallest absolute Gasteiger partial charge is 0.260 e. The number of amides is 1. The van der Waals surface area contributed by atoms with E-state index in [1.165, 1.54) is 17.6 Å². The fraction of sp³-hybridized carbons (Fsp3) is 0. The lowest BCUT2D eigenvalue weighted by Crippen LogP contribution is -2.13. The van der Waals surface area contributed by atoms with E-state index >= 15 is 0 Å². The van der Waals surface area contributed by atoms with Gasteiger partial charge in [0.2, 0.25) is 5.13 Å². The number of carbonyl (C=O) groups is 1. The summed E-state index contributed by atoms with van der Waals surface area (Å²) < 4.78 is 16.6. The van der Waals surface area contributed by atoms with Crippen LogP contribution in [0.3, 0.4) is 0 Å². The van der Waals surface area contributed by atoms with Gasteiger partial charge in [-0.1, -0.05) is 17.4 Å². The fourth-order valence-corrected chi connectivity index (χ4v) is 3.46. The molecule has 1 aromatic carbocycles. The number of halogens is 1. The van der Waals surface area contributed by atoms with Gasteiger partial charge in [-0.25, -0.2) is 9.37 Å². The third kappa shape index (κ3) is 3.15. The largest absolute Gasteiger partial charge is 0.299 e. The molecule has 0 bridgehead atoms. The molecular weight excluding hydrogens is 393 g/mol. The molecule has 5 aromatic rings. The van der Waals surface area contributed by atoms with E-state index in [0.29, 0.717) is 16.4 Å². The molecule has 1 amide bonds. The fourth-order valence-electron chi connectivity index (χ4n) is 3.02. The standard InChI is InChI=1S/C19H12FN7OS/c20-15-5-11(1-3-14(15)18(28)25-19-26-24-10-29-19)16-8-21-17-4-2-12(9-27(16)17)13-6-22-23-7-13/h1-10H,(H,22,23)(H,25,26,28). The highest BCUT2D eigenvalue weighted by Crippen LogP contribution is 2.26. The van der Waals surface area contributed by atoms with Crippen molar-refractivity contribution in [2.45, 2.75) is 0 Å². The van der Waals surface area contributed by atoms with Crippen LogP contribution in [0.4, 0.5) is 9.52 Å². The van der Waals surface area contributed by atoms with Gasteiger partial charge in [0.25, 0.3) is 5.91 Å². The quantitative estimate of drug-likeness (QED) is 0.475. The molecule has 0 aliphatic heterocycles. The maximum atomic E-state index is 14.7. The van der Waals surface area contributed by atoms with Gasteiger partial charge in [0.05, 0.1) is 23.7 Å². The Bertz CT molecular complexity index is 1310. The Morgan fingerprint density at radius 2 is 2.03 bits per heavy atom. The lowest BCUT2D eigenvalue weighted by molar-refractivity contribution is 0.102. The van der Waals surface area contributed by atoms with Gasteiger partial charge in [-0.2, -0.15) is 5.10 Å². The zero-order valence-electron chi connectivity index (χ0n) is 14.7. The number of aromatic amines is 1. The van der Waals surface area contributed by atoms with Gasteiger partial charge in [-0.3, -0.25) is 19.6 Å². The van der Waals surface area contributed by atoms with Crippen molar-refractivity contribution < 1.29 is 9.18 Å². The summed E-state index contributed by atoms with van der Waals surface area (Å²) in [6.45, 7) is 0. The van der Waals surface area contributed by atoms with Crippen molar-refractivity contribution in [2.75, 3.05) is 5.32 Å². The molecule has 0 saturated heterocycles. The Morgan fingerprint density at radius 1 is 1.14 bits per heavy atom. The van der Waals surface area contributed by atoms with Gasteiger partial charge in [0, 0.05) is 29.1 Å². The van der Waals surface area contributed by atoms with Crippen LogP contribution in [0.5, 0.6) is 0 Å². The number of pyridine rings is 1. The number of nitrogens with zero attached hydrogens (tertiary/aromatic N) is 5. The highest BCUT2D eigenvalue weighted by atomic mass is 32.1. The van der Waals surface area contributed by atoms with Crippen molar-refractivity contribution in [3.63, 3.8) is 0 Å². The van der Waals surface area contributed by atoms with Gasteiger partial charge >= 0.3 is 0 Å². The van der Waals surface area contributed by atoms with Crippen LogP contribution in [0.1, 0.15) is 10.4 Å². The molecule has 0 spiro atoms. The molecule has 0 aliphatic rings. The second-order valence-electron chi connectivity index (χ2n) is 6.17. The van der Waals surface area contributed by atoms with Crippen molar-refractivity contribution in [1.82, 2.24) is 29.8 Å². The molecule has 0 radical (unpaired) electrons. The normalized spacial score (nSPS) is 11.1. The summed E-state index contributed by atoms with van der Waals surface area (Å²) in [5, 5.41) is 17.0. The van der Waals surface area contributed by atoms with Gasteiger partial charge < -0.3 is 0 Å². The molecule has 0 atom stereocenters. The van der Waals surface area contributed by atoms with Crippen molar-refractivity contribution in [3.8, 4) is 22.4 Å². The molecular formula is C19H12FN7OS. The van der Waals surface area contributed by atoms with Crippen LogP contribution in [0.25, 0.3) is 28.0 Å². The highest BCUT2D eigenvalue weighted by Gasteiger charge is 2.16. The summed E-state index contributed by atoms with van der Waals surface area (Å²) in [4.78, 5) is 16.7. The number of benzene rings is 1. The SMILES string of the molecule is O=C(Nc1nncs1)c1ccc(-c2cnc3ccc(-c4cn[nH]c4)cn23)cc1F. The highest BCUT2D eigenvalue weighted by molar-refractivity contribution is 7.13. The van der Waals surface area contributed by atoms with E-state index in [9.17, 15) is 9.18 Å². The van der Waals surface area contributed by atoms with Gasteiger partial charge in [-0.05, 0) is 24.3 Å². The van der Waals surface area contributed by atoms with Crippen molar-refractivity contribution in [3.05, 3.63) is 72.0 Å². The van der Waals surface area contributed by atoms with E-state index in [-0.39, 0.29) is 5.56 Å². The van der Waals surface area contributed by atoms with Crippen molar-refractivity contribution in [1.29, 1.82) is 0 Å². The van der Waals surface area contributed by atoms with Crippen LogP contribution < -0.4 is 5.32 Å². The van der Waals surface area contributed by atoms with E-state index in [1.54, 1.807) is 24.7 Å². The number of hydrogen-bond acceptors (Lipinski definition) is 6. The van der Waals surface area contributed by atoms with E-state index in [0.717, 1.165) is 28.1 Å². The Hall–Kier alpha value is -3.92. The predicted molar refractivity (Wildman–Crippen MR) is 106 cm³/mol. The zero-order chi connectivity index (χ0) is 19.8. The molecule has 5 rings (SSSR count). The number of fused-ring (bicyclic) bond motifs is 1. The van der Waals surface area contributed by atoms with Gasteiger partial charge in [0.15, 0.2) is 0 Å². The number of imidazole rings is 1. The first-order chi connectivity index (χ1) is 14.2. The average Bonchev–Trinajstić information content (AvgIpc) is 3.48. The van der Waals surface area contributed by atoms with E-state index in [4.69, 9.17) is 0 Å². The summed E-state index contributed by atoms with van der Waals surface area (Å²) in [6, 6.07) is 8.28. The Balaban J connectivity index is 1.51. The molecule has 4 heterocycles. The van der Waals surface area contributed by atoms with Gasteiger partial charge in [0.1, 0.15) is 17.0 Å². The first-order valence-corrected chi connectivity index (χ1v) is 9.41. The van der Waals surface area contributed by atoms with E-state index in [1.807, 2.05) is 22.7 Å². The Kier molecular flexibility index (Phi) is 4.10. The monoisotopic (exact) mass is 405 g/mol. The third-order valence-corrected chi connectivity index (χ3v) is 5.03. The summed E-state index contributed by atoms with van der Waals surface area (Å²) in [5.74, 6) is -1.21. The van der Waals surface area contributed by atoms with Crippen LogP contribution in [-0.2, 0) is 0 Å². The third-order valence-electron chi connectivity index (χ3n) is 4.43. The minimum absolute atomic E-state index is 0.0724. The molecule has 0 fully saturated rings. The van der Waals surface area contributed by atoms with Crippen molar-refractivity contribution >= 4 is 28.0 Å². The zero-order valence-corrected chi connectivity index (χ0v) is 15.5. The average molecular weight is 405 g/mol. The van der Waals surface area contributed by atoms with E-state index in [2.05, 4.69) is 30.7 Å². The number of H-pyrrole nitrogens is 1. The second kappa shape index (κ2) is 6.91. The van der Waals surface area contributed by atoms with Crippen LogP contribution >= 0.6 is 11.3 Å². The van der Waals surface area contributed by atoms with Crippen LogP contribution in [0, 0.1) is 5.82 Å². The number of carbonyl (C=O) groups excluding carboxylic acids is 1. The summed E-state index contributed by atoms with van der Waals surface area (Å²) in [5.41, 5.74) is 5.33. The number of rotatable bonds is 4. The maximum absolute atomic E-state index is 14.7. The van der Waals surface area contributed by atoms with Crippen molar-refractivity contribution in [2.24, 2.45) is 0 Å². The molecule has 29 heavy (non-hydrogen) atoms. The predicted octanol–water partition coefficient (Wildman–Crippen LogP) is 3.63. The lowest BCUT2D eigenvalue weighted by atomic mass is 10.1. The first-order valence-electron chi connectivity index (χ1n) is 8.53. The van der Waals surface area contributed by atoms with Crippen LogP contribution in [0.15, 0.2) is 60.6 Å². The molecule has 0 unspecified atom stereocenters. The number of nitrogens with one attached hydrogen (secondary N) is 2. The maximum Gasteiger partial charge on any atom is 0.260 e. The van der Waals surface area contributed by atoms with Gasteiger partial charge in [-0.15, -0.1) is 10.2 Å². The Morgan fingerprint density at radius 3 is 2.79 bits per heavy atom. The molecule has 0 aliphatic carbocycles. The first kappa shape index (κ1) is 17.2. The van der Waals surface area contributed by atoms with Crippen LogP contribution in [0.2, 0.25) is 0 Å². The molecule has 142 valence electrons. The minimum atomic E-state index is -0.634. The number of anilines is 1. The molecule has 8 nitrogen and oxygen atoms in total. The molecule has 10 heteroatoms. The molecule has 4 aromatic heterocycles.